The summed E-state index contributed by atoms with van der Waals surface area (Å²) in [7, 11) is 0. The summed E-state index contributed by atoms with van der Waals surface area (Å²) in [5, 5.41) is 0. The standard InChI is InChI=1S/C11H23N/c1-8(2)5-11(6-9(3)4)7-10(11)12/h8-10H,5-7,12H2,1-4H3. The monoisotopic (exact) mass is 169 g/mol. The summed E-state index contributed by atoms with van der Waals surface area (Å²) < 4.78 is 0. The van der Waals surface area contributed by atoms with Crippen molar-refractivity contribution in [2.75, 3.05) is 0 Å². The third-order valence-corrected chi connectivity index (χ3v) is 2.88. The van der Waals surface area contributed by atoms with E-state index in [1.807, 2.05) is 0 Å². The SMILES string of the molecule is CC(C)CC1(CC(C)C)CC1N. The van der Waals surface area contributed by atoms with Crippen LogP contribution >= 0.6 is 0 Å². The van der Waals surface area contributed by atoms with Gasteiger partial charge in [-0.15, -0.1) is 0 Å². The van der Waals surface area contributed by atoms with Crippen LogP contribution in [0.5, 0.6) is 0 Å². The van der Waals surface area contributed by atoms with Crippen molar-refractivity contribution in [3.63, 3.8) is 0 Å². The van der Waals surface area contributed by atoms with Crippen LogP contribution in [0, 0.1) is 17.3 Å². The molecule has 1 atom stereocenters. The molecule has 12 heavy (non-hydrogen) atoms. The Morgan fingerprint density at radius 1 is 1.17 bits per heavy atom. The minimum atomic E-state index is 0.502. The first-order valence-electron chi connectivity index (χ1n) is 5.22. The molecular weight excluding hydrogens is 146 g/mol. The van der Waals surface area contributed by atoms with Gasteiger partial charge >= 0.3 is 0 Å². The molecule has 0 aromatic carbocycles. The Kier molecular flexibility index (Phi) is 2.82. The molecule has 1 saturated carbocycles. The molecule has 1 heteroatoms. The maximum Gasteiger partial charge on any atom is 0.0102 e. The number of rotatable bonds is 4. The molecule has 0 aromatic rings. The lowest BCUT2D eigenvalue weighted by Crippen LogP contribution is -2.18. The fraction of sp³-hybridized carbons (Fsp3) is 1.00. The average Bonchev–Trinajstić information content (AvgIpc) is 2.36. The van der Waals surface area contributed by atoms with Gasteiger partial charge in [-0.1, -0.05) is 27.7 Å². The van der Waals surface area contributed by atoms with Crippen LogP contribution in [0.4, 0.5) is 0 Å². The van der Waals surface area contributed by atoms with E-state index in [1.54, 1.807) is 0 Å². The van der Waals surface area contributed by atoms with Crippen molar-refractivity contribution in [2.24, 2.45) is 23.0 Å². The van der Waals surface area contributed by atoms with Crippen LogP contribution in [-0.2, 0) is 0 Å². The van der Waals surface area contributed by atoms with Gasteiger partial charge in [-0.2, -0.15) is 0 Å². The molecule has 1 nitrogen and oxygen atoms in total. The molecule has 0 amide bonds. The van der Waals surface area contributed by atoms with Crippen molar-refractivity contribution in [2.45, 2.75) is 53.0 Å². The molecular formula is C11H23N. The summed E-state index contributed by atoms with van der Waals surface area (Å²) in [6.45, 7) is 9.19. The zero-order valence-electron chi connectivity index (χ0n) is 8.93. The summed E-state index contributed by atoms with van der Waals surface area (Å²) in [5.74, 6) is 1.61. The van der Waals surface area contributed by atoms with Crippen molar-refractivity contribution >= 4 is 0 Å². The Bertz CT molecular complexity index is 139. The van der Waals surface area contributed by atoms with Crippen molar-refractivity contribution < 1.29 is 0 Å². The van der Waals surface area contributed by atoms with E-state index in [-0.39, 0.29) is 0 Å². The van der Waals surface area contributed by atoms with Crippen molar-refractivity contribution in [1.82, 2.24) is 0 Å². The molecule has 72 valence electrons. The van der Waals surface area contributed by atoms with Gasteiger partial charge < -0.3 is 5.73 Å². The van der Waals surface area contributed by atoms with Gasteiger partial charge in [-0.3, -0.25) is 0 Å². The summed E-state index contributed by atoms with van der Waals surface area (Å²) in [6.07, 6.45) is 3.92. The normalized spacial score (nSPS) is 26.8. The van der Waals surface area contributed by atoms with Gasteiger partial charge in [0.05, 0.1) is 0 Å². The van der Waals surface area contributed by atoms with Crippen LogP contribution in [0.1, 0.15) is 47.0 Å². The summed E-state index contributed by atoms with van der Waals surface area (Å²) in [5.41, 5.74) is 6.53. The van der Waals surface area contributed by atoms with Crippen LogP contribution in [0.25, 0.3) is 0 Å². The Morgan fingerprint density at radius 2 is 1.50 bits per heavy atom. The lowest BCUT2D eigenvalue weighted by molar-refractivity contribution is 0.312. The van der Waals surface area contributed by atoms with Crippen molar-refractivity contribution in [3.8, 4) is 0 Å². The third-order valence-electron chi connectivity index (χ3n) is 2.88. The van der Waals surface area contributed by atoms with E-state index >= 15 is 0 Å². The molecule has 2 N–H and O–H groups in total. The fourth-order valence-corrected chi connectivity index (χ4v) is 2.56. The Hall–Kier alpha value is -0.0400. The minimum Gasteiger partial charge on any atom is -0.327 e. The molecule has 1 aliphatic carbocycles. The molecule has 0 aliphatic heterocycles. The second kappa shape index (κ2) is 3.37. The van der Waals surface area contributed by atoms with Crippen LogP contribution in [0.3, 0.4) is 0 Å². The van der Waals surface area contributed by atoms with Crippen molar-refractivity contribution in [1.29, 1.82) is 0 Å². The smallest absolute Gasteiger partial charge is 0.0102 e. The third kappa shape index (κ3) is 2.22. The zero-order valence-corrected chi connectivity index (χ0v) is 8.93. The van der Waals surface area contributed by atoms with E-state index in [0.29, 0.717) is 11.5 Å². The first kappa shape index (κ1) is 10.0. The summed E-state index contributed by atoms with van der Waals surface area (Å²) in [6, 6.07) is 0.502. The topological polar surface area (TPSA) is 26.0 Å². The zero-order chi connectivity index (χ0) is 9.35. The quantitative estimate of drug-likeness (QED) is 0.688. The van der Waals surface area contributed by atoms with Crippen LogP contribution in [-0.4, -0.2) is 6.04 Å². The van der Waals surface area contributed by atoms with Crippen LogP contribution in [0.2, 0.25) is 0 Å². The summed E-state index contributed by atoms with van der Waals surface area (Å²) >= 11 is 0. The second-order valence-corrected chi connectivity index (χ2v) is 5.37. The number of nitrogens with two attached hydrogens (primary N) is 1. The average molecular weight is 169 g/mol. The first-order chi connectivity index (χ1) is 5.46. The molecule has 1 rings (SSSR count). The van der Waals surface area contributed by atoms with E-state index in [2.05, 4.69) is 27.7 Å². The molecule has 0 aromatic heterocycles. The van der Waals surface area contributed by atoms with E-state index in [0.717, 1.165) is 11.8 Å². The molecule has 1 aliphatic rings. The molecule has 1 unspecified atom stereocenters. The van der Waals surface area contributed by atoms with Gasteiger partial charge in [0.2, 0.25) is 0 Å². The largest absolute Gasteiger partial charge is 0.327 e. The molecule has 0 saturated heterocycles. The highest BCUT2D eigenvalue weighted by atomic mass is 14.8. The molecule has 0 bridgehead atoms. The molecule has 0 spiro atoms. The van der Waals surface area contributed by atoms with Crippen LogP contribution in [0.15, 0.2) is 0 Å². The van der Waals surface area contributed by atoms with Gasteiger partial charge in [-0.25, -0.2) is 0 Å². The Morgan fingerprint density at radius 3 is 1.67 bits per heavy atom. The molecule has 1 fully saturated rings. The van der Waals surface area contributed by atoms with Crippen LogP contribution < -0.4 is 5.73 Å². The van der Waals surface area contributed by atoms with Gasteiger partial charge in [0.15, 0.2) is 0 Å². The number of hydrogen-bond acceptors (Lipinski definition) is 1. The number of hydrogen-bond donors (Lipinski definition) is 1. The Balaban J connectivity index is 2.43. The predicted octanol–water partition coefficient (Wildman–Crippen LogP) is 2.80. The van der Waals surface area contributed by atoms with E-state index < -0.39 is 0 Å². The lowest BCUT2D eigenvalue weighted by atomic mass is 9.86. The lowest BCUT2D eigenvalue weighted by Gasteiger charge is -2.20. The Labute approximate surface area is 76.7 Å². The van der Waals surface area contributed by atoms with Gasteiger partial charge in [-0.05, 0) is 36.5 Å². The highest BCUT2D eigenvalue weighted by Crippen LogP contribution is 2.53. The van der Waals surface area contributed by atoms with Crippen molar-refractivity contribution in [3.05, 3.63) is 0 Å². The summed E-state index contributed by atoms with van der Waals surface area (Å²) in [4.78, 5) is 0. The van der Waals surface area contributed by atoms with Gasteiger partial charge in [0.25, 0.3) is 0 Å². The van der Waals surface area contributed by atoms with E-state index in [9.17, 15) is 0 Å². The van der Waals surface area contributed by atoms with E-state index in [4.69, 9.17) is 5.73 Å². The fourth-order valence-electron chi connectivity index (χ4n) is 2.56. The maximum atomic E-state index is 6.00. The minimum absolute atomic E-state index is 0.502. The second-order valence-electron chi connectivity index (χ2n) is 5.37. The predicted molar refractivity (Wildman–Crippen MR) is 53.9 cm³/mol. The first-order valence-corrected chi connectivity index (χ1v) is 5.22. The maximum absolute atomic E-state index is 6.00. The molecule has 0 radical (unpaired) electrons. The molecule has 0 heterocycles. The van der Waals surface area contributed by atoms with Gasteiger partial charge in [0, 0.05) is 6.04 Å². The van der Waals surface area contributed by atoms with Gasteiger partial charge in [0.1, 0.15) is 0 Å². The highest BCUT2D eigenvalue weighted by molar-refractivity contribution is 5.06. The van der Waals surface area contributed by atoms with E-state index in [1.165, 1.54) is 19.3 Å². The highest BCUT2D eigenvalue weighted by Gasteiger charge is 2.51.